The van der Waals surface area contributed by atoms with Crippen molar-refractivity contribution >= 4 is 17.7 Å². The first-order chi connectivity index (χ1) is 9.97. The van der Waals surface area contributed by atoms with E-state index in [-0.39, 0.29) is 11.7 Å². The molecule has 4 nitrogen and oxygen atoms in total. The Morgan fingerprint density at radius 2 is 2.00 bits per heavy atom. The van der Waals surface area contributed by atoms with Crippen molar-refractivity contribution in [2.75, 3.05) is 5.75 Å². The van der Waals surface area contributed by atoms with E-state index in [9.17, 15) is 4.79 Å². The van der Waals surface area contributed by atoms with E-state index >= 15 is 0 Å². The standard InChI is InChI=1S/C16H21N3OS/c1-11(2)9-19-14(13-6-4-12(3)5-7-13)8-18-16(19)21-10-15(17)20/h4-8,11H,9-10H2,1-3H3,(H2,17,20). The number of nitrogens with zero attached hydrogens (tertiary/aromatic N) is 2. The second-order valence-electron chi connectivity index (χ2n) is 5.55. The van der Waals surface area contributed by atoms with Gasteiger partial charge in [-0.3, -0.25) is 4.79 Å². The molecule has 0 spiro atoms. The molecule has 2 N–H and O–H groups in total. The molecule has 112 valence electrons. The van der Waals surface area contributed by atoms with Gasteiger partial charge >= 0.3 is 0 Å². The fourth-order valence-corrected chi connectivity index (χ4v) is 2.83. The van der Waals surface area contributed by atoms with Crippen LogP contribution in [0.15, 0.2) is 35.6 Å². The van der Waals surface area contributed by atoms with E-state index in [1.807, 2.05) is 6.20 Å². The number of amides is 1. The van der Waals surface area contributed by atoms with E-state index in [0.717, 1.165) is 23.0 Å². The van der Waals surface area contributed by atoms with Gasteiger partial charge in [0.1, 0.15) is 0 Å². The third-order valence-corrected chi connectivity index (χ3v) is 4.07. The van der Waals surface area contributed by atoms with Crippen LogP contribution in [-0.4, -0.2) is 21.2 Å². The van der Waals surface area contributed by atoms with E-state index in [1.54, 1.807) is 0 Å². The number of carbonyl (C=O) groups is 1. The van der Waals surface area contributed by atoms with Crippen molar-refractivity contribution in [3.05, 3.63) is 36.0 Å². The van der Waals surface area contributed by atoms with Gasteiger partial charge in [0.2, 0.25) is 5.91 Å². The first-order valence-electron chi connectivity index (χ1n) is 7.01. The van der Waals surface area contributed by atoms with Gasteiger partial charge in [-0.2, -0.15) is 0 Å². The summed E-state index contributed by atoms with van der Waals surface area (Å²) < 4.78 is 2.17. The molecule has 21 heavy (non-hydrogen) atoms. The summed E-state index contributed by atoms with van der Waals surface area (Å²) in [6.45, 7) is 7.27. The largest absolute Gasteiger partial charge is 0.369 e. The second kappa shape index (κ2) is 6.80. The average molecular weight is 303 g/mol. The Morgan fingerprint density at radius 1 is 1.33 bits per heavy atom. The monoisotopic (exact) mass is 303 g/mol. The van der Waals surface area contributed by atoms with E-state index in [1.165, 1.54) is 17.3 Å². The van der Waals surface area contributed by atoms with Crippen LogP contribution in [0.1, 0.15) is 19.4 Å². The number of imidazole rings is 1. The molecule has 0 aliphatic rings. The summed E-state index contributed by atoms with van der Waals surface area (Å²) in [7, 11) is 0. The molecule has 0 aliphatic carbocycles. The number of rotatable bonds is 6. The third kappa shape index (κ3) is 4.11. The Bertz CT molecular complexity index is 617. The van der Waals surface area contributed by atoms with Crippen LogP contribution in [0.4, 0.5) is 0 Å². The van der Waals surface area contributed by atoms with Crippen molar-refractivity contribution in [2.45, 2.75) is 32.5 Å². The first kappa shape index (κ1) is 15.6. The minimum atomic E-state index is -0.323. The molecule has 1 aromatic heterocycles. The molecule has 2 rings (SSSR count). The molecule has 0 unspecified atom stereocenters. The number of thioether (sulfide) groups is 1. The van der Waals surface area contributed by atoms with Gasteiger partial charge in [0.25, 0.3) is 0 Å². The van der Waals surface area contributed by atoms with Crippen LogP contribution in [-0.2, 0) is 11.3 Å². The van der Waals surface area contributed by atoms with E-state index in [4.69, 9.17) is 5.73 Å². The topological polar surface area (TPSA) is 60.9 Å². The Morgan fingerprint density at radius 3 is 2.57 bits per heavy atom. The molecule has 0 fully saturated rings. The number of nitrogens with two attached hydrogens (primary N) is 1. The normalized spacial score (nSPS) is 11.0. The van der Waals surface area contributed by atoms with Gasteiger partial charge in [-0.05, 0) is 18.4 Å². The molecule has 0 bridgehead atoms. The zero-order valence-corrected chi connectivity index (χ0v) is 13.5. The fourth-order valence-electron chi connectivity index (χ4n) is 2.11. The first-order valence-corrected chi connectivity index (χ1v) is 7.99. The van der Waals surface area contributed by atoms with Crippen molar-refractivity contribution in [3.63, 3.8) is 0 Å². The summed E-state index contributed by atoms with van der Waals surface area (Å²) in [5.41, 5.74) is 8.68. The second-order valence-corrected chi connectivity index (χ2v) is 6.49. The molecule has 0 atom stereocenters. The predicted octanol–water partition coefficient (Wildman–Crippen LogP) is 3.09. The molecule has 1 heterocycles. The van der Waals surface area contributed by atoms with Gasteiger partial charge in [-0.1, -0.05) is 55.4 Å². The molecular weight excluding hydrogens is 282 g/mol. The van der Waals surface area contributed by atoms with Crippen LogP contribution in [0.2, 0.25) is 0 Å². The Labute approximate surface area is 129 Å². The van der Waals surface area contributed by atoms with Crippen LogP contribution in [0.3, 0.4) is 0 Å². The van der Waals surface area contributed by atoms with Crippen LogP contribution in [0.25, 0.3) is 11.3 Å². The van der Waals surface area contributed by atoms with Crippen molar-refractivity contribution in [3.8, 4) is 11.3 Å². The highest BCUT2D eigenvalue weighted by atomic mass is 32.2. The molecular formula is C16H21N3OS. The summed E-state index contributed by atoms with van der Waals surface area (Å²) in [5, 5.41) is 0.845. The third-order valence-electron chi connectivity index (χ3n) is 3.06. The molecule has 0 saturated carbocycles. The number of hydrogen-bond acceptors (Lipinski definition) is 3. The highest BCUT2D eigenvalue weighted by Crippen LogP contribution is 2.27. The zero-order valence-electron chi connectivity index (χ0n) is 12.7. The zero-order chi connectivity index (χ0) is 15.4. The van der Waals surface area contributed by atoms with Crippen molar-refractivity contribution in [1.82, 2.24) is 9.55 Å². The highest BCUT2D eigenvalue weighted by Gasteiger charge is 2.14. The van der Waals surface area contributed by atoms with Gasteiger partial charge < -0.3 is 10.3 Å². The molecule has 2 aromatic rings. The lowest BCUT2D eigenvalue weighted by atomic mass is 10.1. The molecule has 5 heteroatoms. The maximum Gasteiger partial charge on any atom is 0.227 e. The van der Waals surface area contributed by atoms with Gasteiger partial charge in [-0.25, -0.2) is 4.98 Å². The van der Waals surface area contributed by atoms with Crippen molar-refractivity contribution < 1.29 is 4.79 Å². The maximum atomic E-state index is 11.0. The van der Waals surface area contributed by atoms with Gasteiger partial charge in [0, 0.05) is 6.54 Å². The van der Waals surface area contributed by atoms with E-state index in [0.29, 0.717) is 5.92 Å². The molecule has 1 amide bonds. The van der Waals surface area contributed by atoms with Crippen LogP contribution >= 0.6 is 11.8 Å². The summed E-state index contributed by atoms with van der Waals surface area (Å²) >= 11 is 1.39. The van der Waals surface area contributed by atoms with Crippen LogP contribution in [0.5, 0.6) is 0 Å². The van der Waals surface area contributed by atoms with E-state index < -0.39 is 0 Å². The molecule has 0 saturated heterocycles. The van der Waals surface area contributed by atoms with Gasteiger partial charge in [0.15, 0.2) is 5.16 Å². The number of hydrogen-bond donors (Lipinski definition) is 1. The van der Waals surface area contributed by atoms with Crippen molar-refractivity contribution in [1.29, 1.82) is 0 Å². The smallest absolute Gasteiger partial charge is 0.227 e. The molecule has 1 aromatic carbocycles. The van der Waals surface area contributed by atoms with E-state index in [2.05, 4.69) is 54.6 Å². The highest BCUT2D eigenvalue weighted by molar-refractivity contribution is 7.99. The Kier molecular flexibility index (Phi) is 5.07. The lowest BCUT2D eigenvalue weighted by Crippen LogP contribution is -2.14. The Balaban J connectivity index is 2.35. The minimum Gasteiger partial charge on any atom is -0.369 e. The number of aryl methyl sites for hydroxylation is 1. The molecule has 0 aliphatic heterocycles. The SMILES string of the molecule is Cc1ccc(-c2cnc(SCC(N)=O)n2CC(C)C)cc1. The summed E-state index contributed by atoms with van der Waals surface area (Å²) in [5.74, 6) is 0.426. The van der Waals surface area contributed by atoms with Crippen LogP contribution < -0.4 is 5.73 Å². The number of carbonyl (C=O) groups excluding carboxylic acids is 1. The minimum absolute atomic E-state index is 0.252. The van der Waals surface area contributed by atoms with Gasteiger partial charge in [-0.15, -0.1) is 0 Å². The average Bonchev–Trinajstić information content (AvgIpc) is 2.79. The predicted molar refractivity (Wildman–Crippen MR) is 87.2 cm³/mol. The number of primary amides is 1. The van der Waals surface area contributed by atoms with Crippen LogP contribution in [0, 0.1) is 12.8 Å². The summed E-state index contributed by atoms with van der Waals surface area (Å²) in [6.07, 6.45) is 1.87. The molecule has 0 radical (unpaired) electrons. The lowest BCUT2D eigenvalue weighted by molar-refractivity contribution is -0.115. The summed E-state index contributed by atoms with van der Waals surface area (Å²) in [4.78, 5) is 15.4. The van der Waals surface area contributed by atoms with Crippen molar-refractivity contribution in [2.24, 2.45) is 11.7 Å². The number of aromatic nitrogens is 2. The maximum absolute atomic E-state index is 11.0. The quantitative estimate of drug-likeness (QED) is 0.834. The fraction of sp³-hybridized carbons (Fsp3) is 0.375. The van der Waals surface area contributed by atoms with Gasteiger partial charge in [0.05, 0.1) is 17.6 Å². The lowest BCUT2D eigenvalue weighted by Gasteiger charge is -2.14. The summed E-state index contributed by atoms with van der Waals surface area (Å²) in [6, 6.07) is 8.40. The number of benzene rings is 1. The Hall–Kier alpha value is -1.75.